The molecule has 21 heavy (non-hydrogen) atoms. The Kier molecular flexibility index (Phi) is 3.51. The zero-order valence-electron chi connectivity index (χ0n) is 10.8. The number of benzene rings is 2. The molecule has 3 aromatic rings. The SMILES string of the molecule is O=C(O)Cc1cccc2oc(-c3ccc(F)cc3)c(Br)c12. The fourth-order valence-electron chi connectivity index (χ4n) is 2.28. The zero-order chi connectivity index (χ0) is 15.0. The van der Waals surface area contributed by atoms with E-state index in [-0.39, 0.29) is 12.2 Å². The molecule has 106 valence electrons. The number of hydrogen-bond acceptors (Lipinski definition) is 2. The van der Waals surface area contributed by atoms with Crippen molar-refractivity contribution in [3.05, 3.63) is 58.3 Å². The Balaban J connectivity index is 2.20. The van der Waals surface area contributed by atoms with E-state index in [9.17, 15) is 9.18 Å². The summed E-state index contributed by atoms with van der Waals surface area (Å²) in [6, 6.07) is 11.2. The van der Waals surface area contributed by atoms with Gasteiger partial charge in [-0.25, -0.2) is 4.39 Å². The van der Waals surface area contributed by atoms with Crippen LogP contribution in [-0.2, 0) is 11.2 Å². The van der Waals surface area contributed by atoms with E-state index < -0.39 is 5.97 Å². The minimum atomic E-state index is -0.904. The first kappa shape index (κ1) is 13.8. The molecule has 3 rings (SSSR count). The molecule has 1 aromatic heterocycles. The molecule has 0 fully saturated rings. The first-order valence-corrected chi connectivity index (χ1v) is 7.03. The number of fused-ring (bicyclic) bond motifs is 1. The summed E-state index contributed by atoms with van der Waals surface area (Å²) in [7, 11) is 0. The second kappa shape index (κ2) is 5.33. The van der Waals surface area contributed by atoms with Crippen molar-refractivity contribution in [2.45, 2.75) is 6.42 Å². The van der Waals surface area contributed by atoms with Gasteiger partial charge in [-0.3, -0.25) is 4.79 Å². The number of carboxylic acids is 1. The number of halogens is 2. The molecule has 0 saturated carbocycles. The Labute approximate surface area is 128 Å². The van der Waals surface area contributed by atoms with Gasteiger partial charge in [0.25, 0.3) is 0 Å². The van der Waals surface area contributed by atoms with Gasteiger partial charge in [-0.05, 0) is 51.8 Å². The molecule has 0 amide bonds. The molecule has 0 radical (unpaired) electrons. The Hall–Kier alpha value is -2.14. The molecule has 0 aliphatic heterocycles. The normalized spacial score (nSPS) is 11.0. The van der Waals surface area contributed by atoms with Crippen LogP contribution >= 0.6 is 15.9 Å². The summed E-state index contributed by atoms with van der Waals surface area (Å²) in [5.41, 5.74) is 1.99. The van der Waals surface area contributed by atoms with Crippen molar-refractivity contribution in [2.24, 2.45) is 0 Å². The van der Waals surface area contributed by atoms with Crippen molar-refractivity contribution < 1.29 is 18.7 Å². The maximum absolute atomic E-state index is 13.0. The summed E-state index contributed by atoms with van der Waals surface area (Å²) in [6.45, 7) is 0. The van der Waals surface area contributed by atoms with Gasteiger partial charge >= 0.3 is 5.97 Å². The molecule has 0 bridgehead atoms. The van der Waals surface area contributed by atoms with Crippen LogP contribution in [0.5, 0.6) is 0 Å². The standard InChI is InChI=1S/C16H10BrFO3/c17-15-14-10(8-13(19)20)2-1-3-12(14)21-16(15)9-4-6-11(18)7-5-9/h1-7H,8H2,(H,19,20). The Morgan fingerprint density at radius 2 is 1.90 bits per heavy atom. The monoisotopic (exact) mass is 348 g/mol. The lowest BCUT2D eigenvalue weighted by Crippen LogP contribution is -2.00. The van der Waals surface area contributed by atoms with Gasteiger partial charge in [0.05, 0.1) is 10.9 Å². The van der Waals surface area contributed by atoms with Gasteiger partial charge in [0, 0.05) is 10.9 Å². The highest BCUT2D eigenvalue weighted by Crippen LogP contribution is 2.39. The second-order valence-electron chi connectivity index (χ2n) is 4.61. The van der Waals surface area contributed by atoms with Crippen LogP contribution in [0.3, 0.4) is 0 Å². The molecular formula is C16H10BrFO3. The summed E-state index contributed by atoms with van der Waals surface area (Å²) in [4.78, 5) is 11.0. The molecule has 0 aliphatic carbocycles. The lowest BCUT2D eigenvalue weighted by atomic mass is 10.1. The van der Waals surface area contributed by atoms with E-state index in [0.717, 1.165) is 10.9 Å². The quantitative estimate of drug-likeness (QED) is 0.750. The number of hydrogen-bond donors (Lipinski definition) is 1. The van der Waals surface area contributed by atoms with Gasteiger partial charge < -0.3 is 9.52 Å². The molecule has 0 atom stereocenters. The fraction of sp³-hybridized carbons (Fsp3) is 0.0625. The predicted molar refractivity (Wildman–Crippen MR) is 80.6 cm³/mol. The second-order valence-corrected chi connectivity index (χ2v) is 5.41. The summed E-state index contributed by atoms with van der Waals surface area (Å²) in [5.74, 6) is -0.667. The highest BCUT2D eigenvalue weighted by Gasteiger charge is 2.17. The molecule has 3 nitrogen and oxygen atoms in total. The largest absolute Gasteiger partial charge is 0.481 e. The molecular weight excluding hydrogens is 339 g/mol. The predicted octanol–water partition coefficient (Wildman–Crippen LogP) is 4.63. The zero-order valence-corrected chi connectivity index (χ0v) is 12.4. The van der Waals surface area contributed by atoms with Crippen LogP contribution in [0.4, 0.5) is 4.39 Å². The number of carboxylic acid groups (broad SMARTS) is 1. The maximum Gasteiger partial charge on any atom is 0.307 e. The molecule has 0 spiro atoms. The van der Waals surface area contributed by atoms with Gasteiger partial charge in [-0.1, -0.05) is 12.1 Å². The molecule has 0 aliphatic rings. The van der Waals surface area contributed by atoms with Gasteiger partial charge in [0.1, 0.15) is 17.2 Å². The van der Waals surface area contributed by atoms with Crippen molar-refractivity contribution in [1.82, 2.24) is 0 Å². The van der Waals surface area contributed by atoms with Crippen molar-refractivity contribution in [1.29, 1.82) is 0 Å². The lowest BCUT2D eigenvalue weighted by molar-refractivity contribution is -0.136. The first-order chi connectivity index (χ1) is 10.1. The number of rotatable bonds is 3. The average Bonchev–Trinajstić information content (AvgIpc) is 2.78. The number of aliphatic carboxylic acids is 1. The number of furan rings is 1. The van der Waals surface area contributed by atoms with E-state index in [1.807, 2.05) is 0 Å². The van der Waals surface area contributed by atoms with Crippen LogP contribution in [0.25, 0.3) is 22.3 Å². The number of carbonyl (C=O) groups is 1. The maximum atomic E-state index is 13.0. The smallest absolute Gasteiger partial charge is 0.307 e. The van der Waals surface area contributed by atoms with E-state index in [2.05, 4.69) is 15.9 Å². The summed E-state index contributed by atoms with van der Waals surface area (Å²) in [6.07, 6.45) is -0.0850. The Morgan fingerprint density at radius 1 is 1.19 bits per heavy atom. The van der Waals surface area contributed by atoms with Gasteiger partial charge in [0.2, 0.25) is 0 Å². The van der Waals surface area contributed by atoms with E-state index in [1.54, 1.807) is 30.3 Å². The Bertz CT molecular complexity index is 821. The molecule has 0 saturated heterocycles. The molecule has 2 aromatic carbocycles. The topological polar surface area (TPSA) is 50.4 Å². The molecule has 0 unspecified atom stereocenters. The summed E-state index contributed by atoms with van der Waals surface area (Å²) < 4.78 is 19.5. The van der Waals surface area contributed by atoms with Crippen LogP contribution < -0.4 is 0 Å². The van der Waals surface area contributed by atoms with E-state index in [0.29, 0.717) is 21.4 Å². The average molecular weight is 349 g/mol. The minimum absolute atomic E-state index is 0.0850. The van der Waals surface area contributed by atoms with Crippen LogP contribution in [0.15, 0.2) is 51.4 Å². The highest BCUT2D eigenvalue weighted by atomic mass is 79.9. The summed E-state index contributed by atoms with van der Waals surface area (Å²) >= 11 is 3.47. The van der Waals surface area contributed by atoms with Gasteiger partial charge in [-0.15, -0.1) is 0 Å². The van der Waals surface area contributed by atoms with E-state index >= 15 is 0 Å². The van der Waals surface area contributed by atoms with Crippen LogP contribution in [0.1, 0.15) is 5.56 Å². The van der Waals surface area contributed by atoms with Crippen LogP contribution in [-0.4, -0.2) is 11.1 Å². The Morgan fingerprint density at radius 3 is 2.57 bits per heavy atom. The van der Waals surface area contributed by atoms with Gasteiger partial charge in [-0.2, -0.15) is 0 Å². The van der Waals surface area contributed by atoms with E-state index in [4.69, 9.17) is 9.52 Å². The van der Waals surface area contributed by atoms with E-state index in [1.165, 1.54) is 12.1 Å². The van der Waals surface area contributed by atoms with Crippen molar-refractivity contribution >= 4 is 32.9 Å². The fourth-order valence-corrected chi connectivity index (χ4v) is 3.04. The highest BCUT2D eigenvalue weighted by molar-refractivity contribution is 9.10. The van der Waals surface area contributed by atoms with Crippen molar-refractivity contribution in [2.75, 3.05) is 0 Å². The van der Waals surface area contributed by atoms with Crippen LogP contribution in [0, 0.1) is 5.82 Å². The molecule has 1 heterocycles. The third-order valence-corrected chi connectivity index (χ3v) is 3.95. The van der Waals surface area contributed by atoms with Crippen molar-refractivity contribution in [3.63, 3.8) is 0 Å². The van der Waals surface area contributed by atoms with Crippen LogP contribution in [0.2, 0.25) is 0 Å². The third-order valence-electron chi connectivity index (χ3n) is 3.19. The summed E-state index contributed by atoms with van der Waals surface area (Å²) in [5, 5.41) is 9.72. The lowest BCUT2D eigenvalue weighted by Gasteiger charge is -1.99. The first-order valence-electron chi connectivity index (χ1n) is 6.24. The van der Waals surface area contributed by atoms with Crippen molar-refractivity contribution in [3.8, 4) is 11.3 Å². The molecule has 1 N–H and O–H groups in total. The third kappa shape index (κ3) is 2.56. The molecule has 5 heteroatoms. The van der Waals surface area contributed by atoms with Gasteiger partial charge in [0.15, 0.2) is 0 Å². The minimum Gasteiger partial charge on any atom is -0.481 e.